The van der Waals surface area contributed by atoms with Gasteiger partial charge in [0.05, 0.1) is 12.8 Å². The molecule has 0 aliphatic carbocycles. The second-order valence-corrected chi connectivity index (χ2v) is 3.99. The predicted octanol–water partition coefficient (Wildman–Crippen LogP) is 1.93. The first-order chi connectivity index (χ1) is 7.91. The number of carboxylic acids is 2. The molecule has 1 heterocycles. The van der Waals surface area contributed by atoms with Crippen molar-refractivity contribution in [2.75, 3.05) is 0 Å². The van der Waals surface area contributed by atoms with Gasteiger partial charge in [-0.25, -0.2) is 0 Å². The van der Waals surface area contributed by atoms with Crippen LogP contribution in [0.4, 0.5) is 0 Å². The van der Waals surface area contributed by atoms with E-state index in [1.165, 1.54) is 0 Å². The molecule has 5 heteroatoms. The number of carboxylic acid groups (broad SMARTS) is 2. The van der Waals surface area contributed by atoms with E-state index in [-0.39, 0.29) is 12.8 Å². The molecule has 5 nitrogen and oxygen atoms in total. The Balaban J connectivity index is 2.76. The smallest absolute Gasteiger partial charge is 0.303 e. The molecule has 0 saturated carbocycles. The Morgan fingerprint density at radius 1 is 0.941 bits per heavy atom. The van der Waals surface area contributed by atoms with Crippen molar-refractivity contribution >= 4 is 11.9 Å². The molecule has 1 aromatic heterocycles. The minimum atomic E-state index is -0.870. The zero-order valence-corrected chi connectivity index (χ0v) is 9.95. The standard InChI is InChI=1S/C12H16O5/c1-7-8(2)10(4-6-12(15)16)17-9(7)3-5-11(13)14/h3-6H2,1-2H3,(H,13,14)(H,15,16). The average molecular weight is 240 g/mol. The summed E-state index contributed by atoms with van der Waals surface area (Å²) in [6.07, 6.45) is 0.725. The highest BCUT2D eigenvalue weighted by Gasteiger charge is 2.15. The highest BCUT2D eigenvalue weighted by Crippen LogP contribution is 2.23. The molecule has 0 atom stereocenters. The molecule has 0 aromatic carbocycles. The molecule has 1 aromatic rings. The molecular formula is C12H16O5. The minimum absolute atomic E-state index is 0.0200. The Bertz CT molecular complexity index is 392. The Morgan fingerprint density at radius 3 is 1.59 bits per heavy atom. The van der Waals surface area contributed by atoms with Crippen molar-refractivity contribution in [3.8, 4) is 0 Å². The molecule has 2 N–H and O–H groups in total. The molecular weight excluding hydrogens is 224 g/mol. The Labute approximate surface area is 99.1 Å². The summed E-state index contributed by atoms with van der Waals surface area (Å²) < 4.78 is 5.52. The van der Waals surface area contributed by atoms with E-state index in [4.69, 9.17) is 14.6 Å². The molecule has 1 rings (SSSR count). The van der Waals surface area contributed by atoms with Crippen LogP contribution in [0.3, 0.4) is 0 Å². The van der Waals surface area contributed by atoms with E-state index in [9.17, 15) is 9.59 Å². The SMILES string of the molecule is Cc1c(CCC(=O)O)oc(CCC(=O)O)c1C. The molecule has 0 aliphatic rings. The summed E-state index contributed by atoms with van der Waals surface area (Å²) in [6, 6.07) is 0. The van der Waals surface area contributed by atoms with Crippen molar-refractivity contribution < 1.29 is 24.2 Å². The molecule has 0 spiro atoms. The molecule has 0 fully saturated rings. The Hall–Kier alpha value is -1.78. The minimum Gasteiger partial charge on any atom is -0.481 e. The number of hydrogen-bond acceptors (Lipinski definition) is 3. The van der Waals surface area contributed by atoms with Crippen molar-refractivity contribution in [3.63, 3.8) is 0 Å². The topological polar surface area (TPSA) is 87.7 Å². The van der Waals surface area contributed by atoms with Crippen LogP contribution in [-0.4, -0.2) is 22.2 Å². The lowest BCUT2D eigenvalue weighted by Crippen LogP contribution is -1.97. The zero-order chi connectivity index (χ0) is 13.0. The van der Waals surface area contributed by atoms with Gasteiger partial charge in [-0.3, -0.25) is 9.59 Å². The van der Waals surface area contributed by atoms with Gasteiger partial charge in [0, 0.05) is 12.8 Å². The number of aliphatic carboxylic acids is 2. The fourth-order valence-electron chi connectivity index (χ4n) is 1.64. The van der Waals surface area contributed by atoms with E-state index in [0.717, 1.165) is 11.1 Å². The fourth-order valence-corrected chi connectivity index (χ4v) is 1.64. The van der Waals surface area contributed by atoms with Crippen molar-refractivity contribution in [2.45, 2.75) is 39.5 Å². The molecule has 0 saturated heterocycles. The number of carbonyl (C=O) groups is 2. The number of aryl methyl sites for hydroxylation is 2. The van der Waals surface area contributed by atoms with Gasteiger partial charge >= 0.3 is 11.9 Å². The number of hydrogen-bond donors (Lipinski definition) is 2. The second-order valence-electron chi connectivity index (χ2n) is 3.99. The van der Waals surface area contributed by atoms with Crippen molar-refractivity contribution in [3.05, 3.63) is 22.6 Å². The van der Waals surface area contributed by atoms with E-state index in [1.807, 2.05) is 13.8 Å². The summed E-state index contributed by atoms with van der Waals surface area (Å²) in [4.78, 5) is 20.9. The molecule has 0 radical (unpaired) electrons. The van der Waals surface area contributed by atoms with Crippen LogP contribution in [0, 0.1) is 13.8 Å². The Kier molecular flexibility index (Phi) is 4.31. The maximum Gasteiger partial charge on any atom is 0.303 e. The highest BCUT2D eigenvalue weighted by atomic mass is 16.4. The molecule has 0 unspecified atom stereocenters. The van der Waals surface area contributed by atoms with Gasteiger partial charge in [-0.2, -0.15) is 0 Å². The largest absolute Gasteiger partial charge is 0.481 e. The van der Waals surface area contributed by atoms with Crippen LogP contribution >= 0.6 is 0 Å². The Morgan fingerprint density at radius 2 is 1.29 bits per heavy atom. The molecule has 94 valence electrons. The third-order valence-corrected chi connectivity index (χ3v) is 2.78. The van der Waals surface area contributed by atoms with Crippen LogP contribution in [0.2, 0.25) is 0 Å². The molecule has 0 amide bonds. The average Bonchev–Trinajstić information content (AvgIpc) is 2.51. The van der Waals surface area contributed by atoms with E-state index < -0.39 is 11.9 Å². The summed E-state index contributed by atoms with van der Waals surface area (Å²) in [5.74, 6) is -0.452. The molecule has 0 aliphatic heterocycles. The van der Waals surface area contributed by atoms with Gasteiger partial charge in [0.25, 0.3) is 0 Å². The van der Waals surface area contributed by atoms with Gasteiger partial charge < -0.3 is 14.6 Å². The van der Waals surface area contributed by atoms with Crippen LogP contribution in [0.15, 0.2) is 4.42 Å². The maximum absolute atomic E-state index is 10.5. The van der Waals surface area contributed by atoms with Crippen molar-refractivity contribution in [2.24, 2.45) is 0 Å². The lowest BCUT2D eigenvalue weighted by molar-refractivity contribution is -0.137. The third-order valence-electron chi connectivity index (χ3n) is 2.78. The van der Waals surface area contributed by atoms with Crippen LogP contribution in [0.5, 0.6) is 0 Å². The highest BCUT2D eigenvalue weighted by molar-refractivity contribution is 5.67. The first kappa shape index (κ1) is 13.3. The number of rotatable bonds is 6. The lowest BCUT2D eigenvalue weighted by Gasteiger charge is -1.95. The van der Waals surface area contributed by atoms with E-state index in [2.05, 4.69) is 0 Å². The summed E-state index contributed by atoms with van der Waals surface area (Å²) in [5, 5.41) is 17.2. The first-order valence-electron chi connectivity index (χ1n) is 5.43. The fraction of sp³-hybridized carbons (Fsp3) is 0.500. The predicted molar refractivity (Wildman–Crippen MR) is 60.1 cm³/mol. The van der Waals surface area contributed by atoms with E-state index >= 15 is 0 Å². The van der Waals surface area contributed by atoms with Crippen LogP contribution < -0.4 is 0 Å². The molecule has 0 bridgehead atoms. The van der Waals surface area contributed by atoms with E-state index in [0.29, 0.717) is 24.4 Å². The maximum atomic E-state index is 10.5. The zero-order valence-electron chi connectivity index (χ0n) is 9.95. The normalized spacial score (nSPS) is 10.5. The summed E-state index contributed by atoms with van der Waals surface area (Å²) in [6.45, 7) is 3.72. The van der Waals surface area contributed by atoms with Crippen LogP contribution in [0.1, 0.15) is 35.5 Å². The van der Waals surface area contributed by atoms with Gasteiger partial charge in [0.15, 0.2) is 0 Å². The van der Waals surface area contributed by atoms with Gasteiger partial charge in [-0.1, -0.05) is 0 Å². The summed E-state index contributed by atoms with van der Waals surface area (Å²) in [7, 11) is 0. The van der Waals surface area contributed by atoms with Crippen molar-refractivity contribution in [1.82, 2.24) is 0 Å². The number of furan rings is 1. The van der Waals surface area contributed by atoms with E-state index in [1.54, 1.807) is 0 Å². The van der Waals surface area contributed by atoms with Gasteiger partial charge in [0.1, 0.15) is 11.5 Å². The second kappa shape index (κ2) is 5.52. The monoisotopic (exact) mass is 240 g/mol. The lowest BCUT2D eigenvalue weighted by atomic mass is 10.1. The quantitative estimate of drug-likeness (QED) is 0.793. The van der Waals surface area contributed by atoms with Crippen LogP contribution in [0.25, 0.3) is 0 Å². The first-order valence-corrected chi connectivity index (χ1v) is 5.43. The molecule has 17 heavy (non-hydrogen) atoms. The third kappa shape index (κ3) is 3.62. The van der Waals surface area contributed by atoms with Crippen LogP contribution in [-0.2, 0) is 22.4 Å². The van der Waals surface area contributed by atoms with Gasteiger partial charge in [-0.05, 0) is 25.0 Å². The van der Waals surface area contributed by atoms with Gasteiger partial charge in [-0.15, -0.1) is 0 Å². The van der Waals surface area contributed by atoms with Crippen molar-refractivity contribution in [1.29, 1.82) is 0 Å². The summed E-state index contributed by atoms with van der Waals surface area (Å²) >= 11 is 0. The van der Waals surface area contributed by atoms with Gasteiger partial charge in [0.2, 0.25) is 0 Å². The summed E-state index contributed by atoms with van der Waals surface area (Å²) in [5.41, 5.74) is 1.85.